The molecule has 0 unspecified atom stereocenters. The maximum Gasteiger partial charge on any atom is 0.0994 e. The Morgan fingerprint density at radius 1 is 1.10 bits per heavy atom. The van der Waals surface area contributed by atoms with Gasteiger partial charge in [-0.25, -0.2) is 0 Å². The Morgan fingerprint density at radius 3 is 2.55 bits per heavy atom. The van der Waals surface area contributed by atoms with Crippen LogP contribution in [0.5, 0.6) is 0 Å². The Balaban J connectivity index is 2.09. The van der Waals surface area contributed by atoms with Crippen LogP contribution >= 0.6 is 0 Å². The highest BCUT2D eigenvalue weighted by atomic mass is 15.2. The van der Waals surface area contributed by atoms with Crippen LogP contribution in [0, 0.1) is 6.20 Å². The molecule has 103 valence electrons. The van der Waals surface area contributed by atoms with E-state index >= 15 is 0 Å². The van der Waals surface area contributed by atoms with Gasteiger partial charge in [0.15, 0.2) is 0 Å². The van der Waals surface area contributed by atoms with Gasteiger partial charge in [-0.15, -0.1) is 0 Å². The molecule has 1 saturated heterocycles. The van der Waals surface area contributed by atoms with E-state index in [2.05, 4.69) is 45.7 Å². The summed E-state index contributed by atoms with van der Waals surface area (Å²) in [5, 5.41) is 3.28. The van der Waals surface area contributed by atoms with Gasteiger partial charge in [0.25, 0.3) is 0 Å². The summed E-state index contributed by atoms with van der Waals surface area (Å²) >= 11 is 0. The van der Waals surface area contributed by atoms with E-state index in [9.17, 15) is 0 Å². The van der Waals surface area contributed by atoms with Gasteiger partial charge in [0.05, 0.1) is 23.8 Å². The number of nitrogens with zero attached hydrogens (tertiary/aromatic N) is 2. The van der Waals surface area contributed by atoms with Crippen molar-refractivity contribution in [2.24, 2.45) is 0 Å². The molecule has 0 spiro atoms. The predicted molar refractivity (Wildman–Crippen MR) is 84.1 cm³/mol. The molecule has 1 fully saturated rings. The summed E-state index contributed by atoms with van der Waals surface area (Å²) in [7, 11) is 1.96. The molecule has 1 aromatic carbocycles. The van der Waals surface area contributed by atoms with Crippen molar-refractivity contribution in [3.8, 4) is 11.1 Å². The Labute approximate surface area is 120 Å². The third kappa shape index (κ3) is 2.48. The van der Waals surface area contributed by atoms with Crippen molar-refractivity contribution in [3.63, 3.8) is 0 Å². The van der Waals surface area contributed by atoms with Gasteiger partial charge in [0.2, 0.25) is 0 Å². The summed E-state index contributed by atoms with van der Waals surface area (Å²) in [4.78, 5) is 6.74. The molecule has 1 N–H and O–H groups in total. The normalized spacial score (nSPS) is 15.2. The summed E-state index contributed by atoms with van der Waals surface area (Å²) in [5.41, 5.74) is 4.61. The lowest BCUT2D eigenvalue weighted by Gasteiger charge is -2.32. The van der Waals surface area contributed by atoms with E-state index in [1.807, 2.05) is 19.3 Å². The minimum absolute atomic E-state index is 1.09. The fraction of sp³-hybridized carbons (Fsp3) is 0.353. The van der Waals surface area contributed by atoms with E-state index in [0.29, 0.717) is 0 Å². The molecular formula is C17H20N3. The van der Waals surface area contributed by atoms with Gasteiger partial charge in [0, 0.05) is 25.7 Å². The zero-order valence-corrected chi connectivity index (χ0v) is 11.9. The predicted octanol–water partition coefficient (Wildman–Crippen LogP) is 3.58. The van der Waals surface area contributed by atoms with Crippen LogP contribution in [0.2, 0.25) is 0 Å². The smallest absolute Gasteiger partial charge is 0.0994 e. The van der Waals surface area contributed by atoms with Crippen molar-refractivity contribution in [3.05, 3.63) is 42.7 Å². The third-order valence-electron chi connectivity index (χ3n) is 3.87. The van der Waals surface area contributed by atoms with Gasteiger partial charge < -0.3 is 10.2 Å². The van der Waals surface area contributed by atoms with E-state index in [1.54, 1.807) is 0 Å². The molecule has 0 amide bonds. The van der Waals surface area contributed by atoms with Gasteiger partial charge in [-0.1, -0.05) is 30.3 Å². The second kappa shape index (κ2) is 5.95. The Kier molecular flexibility index (Phi) is 3.86. The first kappa shape index (κ1) is 13.0. The first-order valence-electron chi connectivity index (χ1n) is 7.29. The molecule has 1 radical (unpaired) electrons. The van der Waals surface area contributed by atoms with Crippen LogP contribution in [0.15, 0.2) is 36.5 Å². The number of benzene rings is 1. The Morgan fingerprint density at radius 2 is 1.85 bits per heavy atom. The summed E-state index contributed by atoms with van der Waals surface area (Å²) < 4.78 is 0. The van der Waals surface area contributed by atoms with Crippen molar-refractivity contribution in [2.75, 3.05) is 30.4 Å². The van der Waals surface area contributed by atoms with Crippen LogP contribution in [0.4, 0.5) is 11.4 Å². The first-order chi connectivity index (χ1) is 9.90. The number of aromatic nitrogens is 1. The summed E-state index contributed by atoms with van der Waals surface area (Å²) in [6, 6.07) is 10.4. The number of piperidine rings is 1. The molecule has 2 aromatic rings. The topological polar surface area (TPSA) is 28.2 Å². The lowest BCUT2D eigenvalue weighted by atomic mass is 10.0. The van der Waals surface area contributed by atoms with Gasteiger partial charge in [-0.05, 0) is 24.8 Å². The molecule has 20 heavy (non-hydrogen) atoms. The summed E-state index contributed by atoms with van der Waals surface area (Å²) in [6.07, 6.45) is 8.93. The summed E-state index contributed by atoms with van der Waals surface area (Å²) in [6.45, 7) is 2.23. The monoisotopic (exact) mass is 266 g/mol. The average Bonchev–Trinajstić information content (AvgIpc) is 2.55. The van der Waals surface area contributed by atoms with Crippen LogP contribution in [0.1, 0.15) is 19.3 Å². The highest BCUT2D eigenvalue weighted by Crippen LogP contribution is 2.37. The van der Waals surface area contributed by atoms with Gasteiger partial charge >= 0.3 is 0 Å². The number of nitrogens with one attached hydrogen (secondary N) is 1. The van der Waals surface area contributed by atoms with Crippen molar-refractivity contribution in [2.45, 2.75) is 19.3 Å². The van der Waals surface area contributed by atoms with Gasteiger partial charge in [0.1, 0.15) is 0 Å². The summed E-state index contributed by atoms with van der Waals surface area (Å²) in [5.74, 6) is 0. The van der Waals surface area contributed by atoms with Crippen molar-refractivity contribution < 1.29 is 0 Å². The molecule has 3 rings (SSSR count). The molecule has 0 saturated carbocycles. The standard InChI is InChI=1S/C17H20N3/c1-18-16-13-19-12-15(14-8-4-2-5-9-14)17(16)20-10-6-3-7-11-20/h2,4-5,8-9,13,18H,3,6-7,10-11H2,1H3. The molecule has 1 aliphatic rings. The molecule has 1 aromatic heterocycles. The van der Waals surface area contributed by atoms with E-state index in [-0.39, 0.29) is 0 Å². The van der Waals surface area contributed by atoms with Crippen LogP contribution in [0.3, 0.4) is 0 Å². The third-order valence-corrected chi connectivity index (χ3v) is 3.87. The zero-order chi connectivity index (χ0) is 13.8. The number of rotatable bonds is 3. The Bertz CT molecular complexity index is 560. The number of hydrogen-bond acceptors (Lipinski definition) is 3. The molecule has 0 bridgehead atoms. The fourth-order valence-electron chi connectivity index (χ4n) is 2.85. The Hall–Kier alpha value is -2.03. The van der Waals surface area contributed by atoms with Crippen LogP contribution in [-0.2, 0) is 0 Å². The minimum Gasteiger partial charge on any atom is -0.385 e. The second-order valence-electron chi connectivity index (χ2n) is 5.17. The maximum absolute atomic E-state index is 4.27. The molecule has 3 heteroatoms. The number of anilines is 2. The van der Waals surface area contributed by atoms with E-state index in [4.69, 9.17) is 0 Å². The van der Waals surface area contributed by atoms with Crippen molar-refractivity contribution in [1.29, 1.82) is 0 Å². The van der Waals surface area contributed by atoms with E-state index in [0.717, 1.165) is 24.3 Å². The molecular weight excluding hydrogens is 246 g/mol. The van der Waals surface area contributed by atoms with E-state index < -0.39 is 0 Å². The quantitative estimate of drug-likeness (QED) is 0.920. The molecule has 1 aliphatic heterocycles. The zero-order valence-electron chi connectivity index (χ0n) is 11.9. The van der Waals surface area contributed by atoms with Crippen molar-refractivity contribution in [1.82, 2.24) is 4.98 Å². The molecule has 2 heterocycles. The molecule has 3 nitrogen and oxygen atoms in total. The van der Waals surface area contributed by atoms with Gasteiger partial charge in [-0.2, -0.15) is 0 Å². The fourth-order valence-corrected chi connectivity index (χ4v) is 2.85. The van der Waals surface area contributed by atoms with Gasteiger partial charge in [-0.3, -0.25) is 4.98 Å². The lowest BCUT2D eigenvalue weighted by Crippen LogP contribution is -2.30. The van der Waals surface area contributed by atoms with Crippen LogP contribution in [0.25, 0.3) is 11.1 Å². The SMILES string of the molecule is CNc1cn[c]c(-c2ccccc2)c1N1CCCCC1. The van der Waals surface area contributed by atoms with Crippen molar-refractivity contribution >= 4 is 11.4 Å². The molecule has 0 atom stereocenters. The number of pyridine rings is 1. The van der Waals surface area contributed by atoms with Crippen LogP contribution < -0.4 is 10.2 Å². The largest absolute Gasteiger partial charge is 0.385 e. The number of hydrogen-bond donors (Lipinski definition) is 1. The first-order valence-corrected chi connectivity index (χ1v) is 7.29. The average molecular weight is 266 g/mol. The molecule has 0 aliphatic carbocycles. The lowest BCUT2D eigenvalue weighted by molar-refractivity contribution is 0.578. The second-order valence-corrected chi connectivity index (χ2v) is 5.17. The highest BCUT2D eigenvalue weighted by Gasteiger charge is 2.19. The minimum atomic E-state index is 1.09. The maximum atomic E-state index is 4.27. The highest BCUT2D eigenvalue weighted by molar-refractivity contribution is 5.86. The van der Waals surface area contributed by atoms with E-state index in [1.165, 1.54) is 30.5 Å². The van der Waals surface area contributed by atoms with Crippen LogP contribution in [-0.4, -0.2) is 25.1 Å².